The van der Waals surface area contributed by atoms with Gasteiger partial charge in [-0.3, -0.25) is 4.90 Å². The molecule has 3 heterocycles. The van der Waals surface area contributed by atoms with Crippen molar-refractivity contribution in [2.24, 2.45) is 5.41 Å². The van der Waals surface area contributed by atoms with Gasteiger partial charge < -0.3 is 9.80 Å². The number of hydrogen-bond acceptors (Lipinski definition) is 5. The van der Waals surface area contributed by atoms with E-state index in [0.717, 1.165) is 12.5 Å². The number of nitrogens with zero attached hydrogens (tertiary/aromatic N) is 5. The van der Waals surface area contributed by atoms with Crippen LogP contribution in [0.4, 0.5) is 5.95 Å². The molecule has 0 radical (unpaired) electrons. The van der Waals surface area contributed by atoms with E-state index in [1.807, 2.05) is 31.4 Å². The minimum absolute atomic E-state index is 0.618. The van der Waals surface area contributed by atoms with Gasteiger partial charge in [-0.2, -0.15) is 0 Å². The highest BCUT2D eigenvalue weighted by molar-refractivity contribution is 5.26. The first-order valence-electron chi connectivity index (χ1n) is 8.96. The van der Waals surface area contributed by atoms with Gasteiger partial charge in [-0.1, -0.05) is 0 Å². The lowest BCUT2D eigenvalue weighted by Gasteiger charge is -2.41. The molecular formula is C18H31N5. The fraction of sp³-hybridized carbons (Fsp3) is 0.778. The normalized spacial score (nSPS) is 22.9. The van der Waals surface area contributed by atoms with E-state index in [1.165, 1.54) is 63.8 Å². The van der Waals surface area contributed by atoms with Crippen LogP contribution in [-0.2, 0) is 6.54 Å². The zero-order chi connectivity index (χ0) is 16.3. The van der Waals surface area contributed by atoms with E-state index < -0.39 is 0 Å². The number of rotatable bonds is 3. The second-order valence-electron chi connectivity index (χ2n) is 7.72. The summed E-state index contributed by atoms with van der Waals surface area (Å²) >= 11 is 0. The second kappa shape index (κ2) is 7.14. The molecule has 5 heteroatoms. The molecule has 0 bridgehead atoms. The van der Waals surface area contributed by atoms with Gasteiger partial charge in [0.1, 0.15) is 0 Å². The minimum Gasteiger partial charge on any atom is -0.347 e. The summed E-state index contributed by atoms with van der Waals surface area (Å²) in [6, 6.07) is 0. The Bertz CT molecular complexity index is 491. The third kappa shape index (κ3) is 4.21. The predicted octanol–water partition coefficient (Wildman–Crippen LogP) is 2.24. The summed E-state index contributed by atoms with van der Waals surface area (Å²) in [5, 5.41) is 0. The smallest absolute Gasteiger partial charge is 0.224 e. The van der Waals surface area contributed by atoms with Gasteiger partial charge in [0, 0.05) is 38.6 Å². The molecule has 23 heavy (non-hydrogen) atoms. The molecule has 0 aliphatic carbocycles. The summed E-state index contributed by atoms with van der Waals surface area (Å²) in [5.41, 5.74) is 1.85. The third-order valence-electron chi connectivity index (χ3n) is 5.69. The van der Waals surface area contributed by atoms with Crippen LogP contribution in [-0.4, -0.2) is 67.1 Å². The van der Waals surface area contributed by atoms with Crippen molar-refractivity contribution < 1.29 is 0 Å². The van der Waals surface area contributed by atoms with Crippen molar-refractivity contribution in [1.82, 2.24) is 19.8 Å². The van der Waals surface area contributed by atoms with E-state index in [2.05, 4.69) is 26.8 Å². The maximum atomic E-state index is 4.43. The van der Waals surface area contributed by atoms with Crippen LogP contribution in [0.3, 0.4) is 0 Å². The highest BCUT2D eigenvalue weighted by Gasteiger charge is 2.35. The lowest BCUT2D eigenvalue weighted by Crippen LogP contribution is -2.40. The quantitative estimate of drug-likeness (QED) is 0.854. The Morgan fingerprint density at radius 2 is 1.65 bits per heavy atom. The van der Waals surface area contributed by atoms with E-state index >= 15 is 0 Å². The Labute approximate surface area is 140 Å². The van der Waals surface area contributed by atoms with Crippen LogP contribution in [0.2, 0.25) is 0 Å². The average molecular weight is 317 g/mol. The molecule has 0 N–H and O–H groups in total. The molecule has 2 saturated heterocycles. The Morgan fingerprint density at radius 3 is 2.30 bits per heavy atom. The first-order valence-corrected chi connectivity index (χ1v) is 8.96. The fourth-order valence-corrected chi connectivity index (χ4v) is 3.99. The van der Waals surface area contributed by atoms with Crippen molar-refractivity contribution in [3.05, 3.63) is 18.0 Å². The summed E-state index contributed by atoms with van der Waals surface area (Å²) < 4.78 is 0. The third-order valence-corrected chi connectivity index (χ3v) is 5.69. The van der Waals surface area contributed by atoms with Gasteiger partial charge in [-0.15, -0.1) is 0 Å². The van der Waals surface area contributed by atoms with Crippen LogP contribution in [0.5, 0.6) is 0 Å². The molecule has 0 saturated carbocycles. The first kappa shape index (κ1) is 16.7. The number of hydrogen-bond donors (Lipinski definition) is 0. The van der Waals surface area contributed by atoms with Crippen molar-refractivity contribution in [1.29, 1.82) is 0 Å². The maximum absolute atomic E-state index is 4.43. The van der Waals surface area contributed by atoms with E-state index in [4.69, 9.17) is 0 Å². The van der Waals surface area contributed by atoms with Crippen LogP contribution in [0.1, 0.15) is 37.7 Å². The number of aromatic nitrogens is 2. The molecule has 2 aliphatic heterocycles. The second-order valence-corrected chi connectivity index (χ2v) is 7.72. The van der Waals surface area contributed by atoms with Crippen molar-refractivity contribution in [2.75, 3.05) is 52.2 Å². The monoisotopic (exact) mass is 317 g/mol. The topological polar surface area (TPSA) is 35.5 Å². The summed E-state index contributed by atoms with van der Waals surface area (Å²) in [5.74, 6) is 0.786. The molecule has 2 fully saturated rings. The van der Waals surface area contributed by atoms with Crippen molar-refractivity contribution >= 4 is 5.95 Å². The molecule has 0 unspecified atom stereocenters. The van der Waals surface area contributed by atoms with E-state index in [1.54, 1.807) is 0 Å². The van der Waals surface area contributed by atoms with E-state index in [0.29, 0.717) is 5.41 Å². The highest BCUT2D eigenvalue weighted by Crippen LogP contribution is 2.41. The fourth-order valence-electron chi connectivity index (χ4n) is 3.99. The minimum atomic E-state index is 0.618. The van der Waals surface area contributed by atoms with Crippen LogP contribution in [0, 0.1) is 5.41 Å². The van der Waals surface area contributed by atoms with Gasteiger partial charge in [-0.25, -0.2) is 9.97 Å². The number of likely N-dealkylation sites (tertiary alicyclic amines) is 2. The van der Waals surface area contributed by atoms with Gasteiger partial charge >= 0.3 is 0 Å². The van der Waals surface area contributed by atoms with Crippen molar-refractivity contribution in [2.45, 2.75) is 38.6 Å². The molecular weight excluding hydrogens is 286 g/mol. The lowest BCUT2D eigenvalue weighted by molar-refractivity contribution is 0.0848. The summed E-state index contributed by atoms with van der Waals surface area (Å²) in [6.45, 7) is 5.99. The van der Waals surface area contributed by atoms with Gasteiger partial charge in [0.15, 0.2) is 0 Å². The highest BCUT2D eigenvalue weighted by atomic mass is 15.2. The molecule has 5 nitrogen and oxygen atoms in total. The molecule has 0 atom stereocenters. The molecule has 1 aromatic rings. The standard InChI is InChI=1S/C18H31N5/c1-21(2)17-19-13-16(14-20-17)15-23-11-7-18(8-12-23)5-4-9-22(3)10-6-18/h13-14H,4-12,15H2,1-3H3. The van der Waals surface area contributed by atoms with Crippen LogP contribution >= 0.6 is 0 Å². The SMILES string of the molecule is CN1CCCC2(CC1)CCN(Cc1cnc(N(C)C)nc1)CC2. The molecule has 128 valence electrons. The summed E-state index contributed by atoms with van der Waals surface area (Å²) in [4.78, 5) is 15.9. The zero-order valence-corrected chi connectivity index (χ0v) is 15.0. The summed E-state index contributed by atoms with van der Waals surface area (Å²) in [7, 11) is 6.22. The maximum Gasteiger partial charge on any atom is 0.224 e. The lowest BCUT2D eigenvalue weighted by atomic mass is 9.73. The largest absolute Gasteiger partial charge is 0.347 e. The molecule has 0 aromatic carbocycles. The zero-order valence-electron chi connectivity index (χ0n) is 15.0. The van der Waals surface area contributed by atoms with Crippen molar-refractivity contribution in [3.63, 3.8) is 0 Å². The van der Waals surface area contributed by atoms with Crippen LogP contribution in [0.15, 0.2) is 12.4 Å². The number of piperidine rings is 1. The molecule has 0 amide bonds. The Hall–Kier alpha value is -1.20. The predicted molar refractivity (Wildman–Crippen MR) is 94.7 cm³/mol. The molecule has 3 rings (SSSR count). The van der Waals surface area contributed by atoms with Crippen LogP contribution < -0.4 is 4.90 Å². The summed E-state index contributed by atoms with van der Waals surface area (Å²) in [6.07, 6.45) is 10.9. The Balaban J connectivity index is 1.52. The van der Waals surface area contributed by atoms with Gasteiger partial charge in [0.05, 0.1) is 0 Å². The van der Waals surface area contributed by atoms with E-state index in [-0.39, 0.29) is 0 Å². The van der Waals surface area contributed by atoms with E-state index in [9.17, 15) is 0 Å². The van der Waals surface area contributed by atoms with Gasteiger partial charge in [0.2, 0.25) is 5.95 Å². The molecule has 1 spiro atoms. The van der Waals surface area contributed by atoms with Crippen LogP contribution in [0.25, 0.3) is 0 Å². The molecule has 1 aromatic heterocycles. The Kier molecular flexibility index (Phi) is 5.17. The first-order chi connectivity index (χ1) is 11.1. The average Bonchev–Trinajstić information content (AvgIpc) is 2.73. The van der Waals surface area contributed by atoms with Gasteiger partial charge in [-0.05, 0) is 70.7 Å². The van der Waals surface area contributed by atoms with Crippen molar-refractivity contribution in [3.8, 4) is 0 Å². The number of anilines is 1. The van der Waals surface area contributed by atoms with Gasteiger partial charge in [0.25, 0.3) is 0 Å². The Morgan fingerprint density at radius 1 is 1.00 bits per heavy atom. The molecule has 2 aliphatic rings.